The van der Waals surface area contributed by atoms with Gasteiger partial charge >= 0.3 is 0 Å². The average Bonchev–Trinajstić information content (AvgIpc) is 3.28. The zero-order chi connectivity index (χ0) is 17.5. The summed E-state index contributed by atoms with van der Waals surface area (Å²) in [4.78, 5) is 4.36. The largest absolute Gasteiger partial charge is 0.493 e. The van der Waals surface area contributed by atoms with Crippen molar-refractivity contribution in [2.75, 3.05) is 6.61 Å². The van der Waals surface area contributed by atoms with Gasteiger partial charge in [-0.15, -0.1) is 10.2 Å². The minimum absolute atomic E-state index is 0.431. The van der Waals surface area contributed by atoms with E-state index in [2.05, 4.69) is 27.3 Å². The number of benzene rings is 1. The van der Waals surface area contributed by atoms with Crippen molar-refractivity contribution < 1.29 is 13.7 Å². The number of rotatable bonds is 9. The van der Waals surface area contributed by atoms with Gasteiger partial charge in [-0.2, -0.15) is 4.98 Å². The fraction of sp³-hybridized carbons (Fsp3) is 0.412. The third kappa shape index (κ3) is 4.60. The summed E-state index contributed by atoms with van der Waals surface area (Å²) in [6.07, 6.45) is 2.99. The first-order valence-electron chi connectivity index (χ1n) is 8.30. The van der Waals surface area contributed by atoms with Gasteiger partial charge < -0.3 is 13.7 Å². The van der Waals surface area contributed by atoms with E-state index in [0.717, 1.165) is 36.4 Å². The molecule has 0 amide bonds. The maximum absolute atomic E-state index is 5.72. The normalized spacial score (nSPS) is 11.0. The lowest BCUT2D eigenvalue weighted by atomic mass is 10.2. The summed E-state index contributed by atoms with van der Waals surface area (Å²) in [5.74, 6) is 2.96. The van der Waals surface area contributed by atoms with Crippen LogP contribution in [0.4, 0.5) is 0 Å². The summed E-state index contributed by atoms with van der Waals surface area (Å²) in [5, 5.41) is 12.6. The second kappa shape index (κ2) is 8.66. The third-order valence-electron chi connectivity index (χ3n) is 3.41. The van der Waals surface area contributed by atoms with Gasteiger partial charge in [-0.3, -0.25) is 0 Å². The van der Waals surface area contributed by atoms with E-state index < -0.39 is 0 Å². The van der Waals surface area contributed by atoms with Crippen molar-refractivity contribution in [3.05, 3.63) is 36.0 Å². The molecule has 8 heteroatoms. The van der Waals surface area contributed by atoms with Crippen LogP contribution in [0.15, 0.2) is 38.4 Å². The second-order valence-electron chi connectivity index (χ2n) is 5.30. The van der Waals surface area contributed by atoms with Gasteiger partial charge in [0, 0.05) is 6.42 Å². The number of thioether (sulfide) groups is 1. The van der Waals surface area contributed by atoms with Crippen molar-refractivity contribution in [2.24, 2.45) is 0 Å². The number of hydrogen-bond donors (Lipinski definition) is 0. The molecule has 0 radical (unpaired) electrons. The van der Waals surface area contributed by atoms with Crippen LogP contribution in [0, 0.1) is 0 Å². The van der Waals surface area contributed by atoms with Gasteiger partial charge in [0.15, 0.2) is 5.82 Å². The first kappa shape index (κ1) is 17.5. The summed E-state index contributed by atoms with van der Waals surface area (Å²) in [6.45, 7) is 4.64. The van der Waals surface area contributed by atoms with Crippen molar-refractivity contribution >= 4 is 11.8 Å². The first-order valence-corrected chi connectivity index (χ1v) is 9.28. The monoisotopic (exact) mass is 360 g/mol. The van der Waals surface area contributed by atoms with Crippen molar-refractivity contribution in [1.29, 1.82) is 0 Å². The van der Waals surface area contributed by atoms with E-state index in [9.17, 15) is 0 Å². The van der Waals surface area contributed by atoms with Crippen LogP contribution < -0.4 is 4.74 Å². The van der Waals surface area contributed by atoms with Gasteiger partial charge in [0.1, 0.15) is 5.75 Å². The number of nitrogens with zero attached hydrogens (tertiary/aromatic N) is 4. The Morgan fingerprint density at radius 3 is 2.88 bits per heavy atom. The van der Waals surface area contributed by atoms with Crippen LogP contribution in [0.1, 0.15) is 38.4 Å². The highest BCUT2D eigenvalue weighted by Gasteiger charge is 2.15. The molecule has 0 saturated carbocycles. The molecule has 2 aromatic heterocycles. The second-order valence-corrected chi connectivity index (χ2v) is 6.23. The highest BCUT2D eigenvalue weighted by atomic mass is 32.2. The van der Waals surface area contributed by atoms with E-state index in [1.54, 1.807) is 0 Å². The van der Waals surface area contributed by atoms with Gasteiger partial charge in [0.25, 0.3) is 11.1 Å². The first-order chi connectivity index (χ1) is 12.3. The molecule has 2 heterocycles. The van der Waals surface area contributed by atoms with E-state index >= 15 is 0 Å². The lowest BCUT2D eigenvalue weighted by Gasteiger charge is -2.05. The van der Waals surface area contributed by atoms with Crippen LogP contribution in [-0.4, -0.2) is 26.9 Å². The molecule has 1 aromatic carbocycles. The summed E-state index contributed by atoms with van der Waals surface area (Å²) in [5.41, 5.74) is 0.781. The standard InChI is InChI=1S/C17H20N4O3S/c1-3-5-10-14-18-15(24-21-14)11-25-17-20-19-16(23-17)12-8-6-7-9-13(12)22-4-2/h6-9H,3-5,10-11H2,1-2H3. The molecular formula is C17H20N4O3S. The fourth-order valence-corrected chi connectivity index (χ4v) is 2.81. The SMILES string of the molecule is CCCCc1noc(CSc2nnc(-c3ccccc3OCC)o2)n1. The van der Waals surface area contributed by atoms with Crippen LogP contribution in [0.5, 0.6) is 5.75 Å². The van der Waals surface area contributed by atoms with Crippen LogP contribution in [-0.2, 0) is 12.2 Å². The lowest BCUT2D eigenvalue weighted by molar-refractivity contribution is 0.340. The minimum atomic E-state index is 0.431. The Morgan fingerprint density at radius 2 is 2.04 bits per heavy atom. The fourth-order valence-electron chi connectivity index (χ4n) is 2.21. The van der Waals surface area contributed by atoms with Crippen molar-refractivity contribution in [3.8, 4) is 17.2 Å². The molecule has 0 saturated heterocycles. The summed E-state index contributed by atoms with van der Waals surface area (Å²) in [6, 6.07) is 7.59. The van der Waals surface area contributed by atoms with Crippen molar-refractivity contribution in [3.63, 3.8) is 0 Å². The van der Waals surface area contributed by atoms with E-state index in [1.807, 2.05) is 31.2 Å². The van der Waals surface area contributed by atoms with Crippen molar-refractivity contribution in [2.45, 2.75) is 44.1 Å². The zero-order valence-electron chi connectivity index (χ0n) is 14.3. The van der Waals surface area contributed by atoms with Crippen LogP contribution in [0.25, 0.3) is 11.5 Å². The molecular weight excluding hydrogens is 340 g/mol. The Hall–Kier alpha value is -2.35. The van der Waals surface area contributed by atoms with E-state index in [4.69, 9.17) is 13.7 Å². The smallest absolute Gasteiger partial charge is 0.277 e. The molecule has 0 fully saturated rings. The number of aryl methyl sites for hydroxylation is 1. The Morgan fingerprint density at radius 1 is 1.16 bits per heavy atom. The summed E-state index contributed by atoms with van der Waals surface area (Å²) < 4.78 is 16.6. The average molecular weight is 360 g/mol. The predicted molar refractivity (Wildman–Crippen MR) is 93.4 cm³/mol. The maximum atomic E-state index is 5.72. The van der Waals surface area contributed by atoms with Crippen LogP contribution in [0.2, 0.25) is 0 Å². The molecule has 3 aromatic rings. The number of unbranched alkanes of at least 4 members (excludes halogenated alkanes) is 1. The quantitative estimate of drug-likeness (QED) is 0.526. The van der Waals surface area contributed by atoms with E-state index in [0.29, 0.717) is 29.4 Å². The molecule has 0 atom stereocenters. The predicted octanol–water partition coefficient (Wildman–Crippen LogP) is 4.15. The molecule has 132 valence electrons. The number of aromatic nitrogens is 4. The van der Waals surface area contributed by atoms with Crippen LogP contribution >= 0.6 is 11.8 Å². The molecule has 0 spiro atoms. The van der Waals surface area contributed by atoms with E-state index in [1.165, 1.54) is 11.8 Å². The molecule has 3 rings (SSSR count). The molecule has 25 heavy (non-hydrogen) atoms. The van der Waals surface area contributed by atoms with Crippen LogP contribution in [0.3, 0.4) is 0 Å². The van der Waals surface area contributed by atoms with Gasteiger partial charge in [-0.1, -0.05) is 42.4 Å². The number of hydrogen-bond acceptors (Lipinski definition) is 8. The third-order valence-corrected chi connectivity index (χ3v) is 4.21. The Bertz CT molecular complexity index is 803. The molecule has 0 aliphatic rings. The highest BCUT2D eigenvalue weighted by molar-refractivity contribution is 7.98. The Labute approximate surface area is 150 Å². The Kier molecular flexibility index (Phi) is 6.05. The van der Waals surface area contributed by atoms with Gasteiger partial charge in [0.05, 0.1) is 17.9 Å². The number of para-hydroxylation sites is 1. The molecule has 0 unspecified atom stereocenters. The minimum Gasteiger partial charge on any atom is -0.493 e. The highest BCUT2D eigenvalue weighted by Crippen LogP contribution is 2.31. The van der Waals surface area contributed by atoms with Gasteiger partial charge in [-0.05, 0) is 25.5 Å². The maximum Gasteiger partial charge on any atom is 0.277 e. The summed E-state index contributed by atoms with van der Waals surface area (Å²) in [7, 11) is 0. The lowest BCUT2D eigenvalue weighted by Crippen LogP contribution is -1.93. The van der Waals surface area contributed by atoms with E-state index in [-0.39, 0.29) is 0 Å². The Balaban J connectivity index is 1.63. The molecule has 7 nitrogen and oxygen atoms in total. The topological polar surface area (TPSA) is 87.1 Å². The molecule has 0 aliphatic heterocycles. The molecule has 0 N–H and O–H groups in total. The zero-order valence-corrected chi connectivity index (χ0v) is 15.1. The number of ether oxygens (including phenoxy) is 1. The van der Waals surface area contributed by atoms with Gasteiger partial charge in [0.2, 0.25) is 5.89 Å². The molecule has 0 bridgehead atoms. The van der Waals surface area contributed by atoms with Crippen molar-refractivity contribution in [1.82, 2.24) is 20.3 Å². The molecule has 0 aliphatic carbocycles. The van der Waals surface area contributed by atoms with Gasteiger partial charge in [-0.25, -0.2) is 0 Å². The summed E-state index contributed by atoms with van der Waals surface area (Å²) >= 11 is 1.37.